The first kappa shape index (κ1) is 16.1. The van der Waals surface area contributed by atoms with Gasteiger partial charge < -0.3 is 14.6 Å². The van der Waals surface area contributed by atoms with Gasteiger partial charge in [-0.3, -0.25) is 4.90 Å². The first-order valence-electron chi connectivity index (χ1n) is 8.97. The molecule has 25 heavy (non-hydrogen) atoms. The molecule has 4 rings (SSSR count). The van der Waals surface area contributed by atoms with Crippen LogP contribution in [0.15, 0.2) is 32.8 Å². The van der Waals surface area contributed by atoms with Crippen LogP contribution in [0.3, 0.4) is 0 Å². The Balaban J connectivity index is 1.37. The Labute approximate surface area is 148 Å². The number of hydrogen-bond acceptors (Lipinski definition) is 6. The molecule has 0 bridgehead atoms. The average Bonchev–Trinajstić information content (AvgIpc) is 2.86. The Bertz CT molecular complexity index is 733. The van der Waals surface area contributed by atoms with E-state index in [-0.39, 0.29) is 0 Å². The van der Waals surface area contributed by atoms with Crippen molar-refractivity contribution in [1.82, 2.24) is 20.1 Å². The second-order valence-electron chi connectivity index (χ2n) is 6.73. The van der Waals surface area contributed by atoms with Gasteiger partial charge in [-0.05, 0) is 32.4 Å². The number of aromatic nitrogens is 1. The summed E-state index contributed by atoms with van der Waals surface area (Å²) in [5, 5.41) is 3.29. The standard InChI is InChI=1S/C19H25N5O/c1-14-15(2)20-13-21-19(14)24-10-8-23(9-11-24)12-18-22-16-6-4-3-5-7-17(16)25-18/h4-7,20H,3,8-13H2,1-2H3. The lowest BCUT2D eigenvalue weighted by atomic mass is 10.1. The van der Waals surface area contributed by atoms with Gasteiger partial charge in [-0.1, -0.05) is 12.2 Å². The third kappa shape index (κ3) is 3.39. The molecule has 1 fully saturated rings. The predicted octanol–water partition coefficient (Wildman–Crippen LogP) is 2.48. The highest BCUT2D eigenvalue weighted by atomic mass is 16.4. The summed E-state index contributed by atoms with van der Waals surface area (Å²) in [4.78, 5) is 14.1. The third-order valence-corrected chi connectivity index (χ3v) is 5.04. The second-order valence-corrected chi connectivity index (χ2v) is 6.73. The van der Waals surface area contributed by atoms with Crippen LogP contribution in [0.5, 0.6) is 0 Å². The summed E-state index contributed by atoms with van der Waals surface area (Å²) < 4.78 is 5.92. The zero-order chi connectivity index (χ0) is 17.2. The van der Waals surface area contributed by atoms with Crippen molar-refractivity contribution in [1.29, 1.82) is 0 Å². The third-order valence-electron chi connectivity index (χ3n) is 5.04. The van der Waals surface area contributed by atoms with Gasteiger partial charge in [0.1, 0.15) is 18.2 Å². The molecule has 0 amide bonds. The molecular weight excluding hydrogens is 314 g/mol. The minimum absolute atomic E-state index is 0.682. The molecule has 1 saturated heterocycles. The van der Waals surface area contributed by atoms with Crippen LogP contribution in [0.2, 0.25) is 0 Å². The maximum absolute atomic E-state index is 5.92. The molecule has 0 aromatic carbocycles. The van der Waals surface area contributed by atoms with Crippen molar-refractivity contribution < 1.29 is 4.42 Å². The smallest absolute Gasteiger partial charge is 0.209 e. The number of oxazole rings is 1. The molecule has 132 valence electrons. The molecule has 6 nitrogen and oxygen atoms in total. The van der Waals surface area contributed by atoms with Crippen molar-refractivity contribution in [2.24, 2.45) is 4.99 Å². The molecular formula is C19H25N5O. The predicted molar refractivity (Wildman–Crippen MR) is 99.8 cm³/mol. The van der Waals surface area contributed by atoms with E-state index >= 15 is 0 Å². The molecule has 0 unspecified atom stereocenters. The summed E-state index contributed by atoms with van der Waals surface area (Å²) in [5.74, 6) is 2.83. The number of hydrogen-bond donors (Lipinski definition) is 1. The molecule has 0 spiro atoms. The molecule has 3 heterocycles. The van der Waals surface area contributed by atoms with Crippen LogP contribution in [0.4, 0.5) is 0 Å². The van der Waals surface area contributed by atoms with Crippen molar-refractivity contribution >= 4 is 18.0 Å². The van der Waals surface area contributed by atoms with E-state index in [2.05, 4.69) is 51.1 Å². The van der Waals surface area contributed by atoms with Crippen LogP contribution in [-0.4, -0.2) is 53.5 Å². The molecule has 2 aliphatic heterocycles. The summed E-state index contributed by atoms with van der Waals surface area (Å²) >= 11 is 0. The van der Waals surface area contributed by atoms with E-state index in [0.717, 1.165) is 62.3 Å². The largest absolute Gasteiger partial charge is 0.439 e. The van der Waals surface area contributed by atoms with Gasteiger partial charge in [0, 0.05) is 37.4 Å². The number of allylic oxidation sites excluding steroid dienone is 3. The highest BCUT2D eigenvalue weighted by Crippen LogP contribution is 2.20. The Morgan fingerprint density at radius 3 is 2.76 bits per heavy atom. The van der Waals surface area contributed by atoms with Crippen LogP contribution >= 0.6 is 0 Å². The maximum atomic E-state index is 5.92. The fraction of sp³-hybridized carbons (Fsp3) is 0.474. The van der Waals surface area contributed by atoms with Gasteiger partial charge in [-0.2, -0.15) is 0 Å². The molecule has 1 aromatic rings. The number of piperazine rings is 1. The molecule has 0 radical (unpaired) electrons. The van der Waals surface area contributed by atoms with E-state index in [9.17, 15) is 0 Å². The summed E-state index contributed by atoms with van der Waals surface area (Å²) in [7, 11) is 0. The van der Waals surface area contributed by atoms with E-state index in [0.29, 0.717) is 6.67 Å². The number of nitrogens with one attached hydrogen (secondary N) is 1. The number of rotatable bonds is 2. The van der Waals surface area contributed by atoms with Gasteiger partial charge >= 0.3 is 0 Å². The van der Waals surface area contributed by atoms with Gasteiger partial charge in [0.05, 0.1) is 6.54 Å². The average molecular weight is 339 g/mol. The lowest BCUT2D eigenvalue weighted by molar-refractivity contribution is 0.162. The summed E-state index contributed by atoms with van der Waals surface area (Å²) in [5.41, 5.74) is 3.44. The summed E-state index contributed by atoms with van der Waals surface area (Å²) in [6.45, 7) is 9.69. The zero-order valence-electron chi connectivity index (χ0n) is 15.0. The number of fused-ring (bicyclic) bond motifs is 1. The number of amidine groups is 1. The molecule has 1 aliphatic carbocycles. The molecule has 1 N–H and O–H groups in total. The minimum atomic E-state index is 0.682. The Morgan fingerprint density at radius 1 is 1.12 bits per heavy atom. The fourth-order valence-corrected chi connectivity index (χ4v) is 3.43. The van der Waals surface area contributed by atoms with Crippen LogP contribution < -0.4 is 5.32 Å². The van der Waals surface area contributed by atoms with Crippen LogP contribution in [-0.2, 0) is 6.54 Å². The van der Waals surface area contributed by atoms with Gasteiger partial charge in [-0.15, -0.1) is 0 Å². The Kier molecular flexibility index (Phi) is 4.44. The second kappa shape index (κ2) is 6.88. The highest BCUT2D eigenvalue weighted by molar-refractivity contribution is 5.99. The van der Waals surface area contributed by atoms with Crippen LogP contribution in [0.1, 0.15) is 37.6 Å². The Hall–Kier alpha value is -2.34. The normalized spacial score (nSPS) is 21.0. The quantitative estimate of drug-likeness (QED) is 0.897. The van der Waals surface area contributed by atoms with E-state index in [1.165, 1.54) is 11.3 Å². The first-order valence-corrected chi connectivity index (χ1v) is 8.97. The van der Waals surface area contributed by atoms with Crippen LogP contribution in [0, 0.1) is 0 Å². The van der Waals surface area contributed by atoms with Gasteiger partial charge in [0.25, 0.3) is 0 Å². The summed E-state index contributed by atoms with van der Waals surface area (Å²) in [6.07, 6.45) is 9.23. The van der Waals surface area contributed by atoms with Gasteiger partial charge in [0.2, 0.25) is 5.89 Å². The van der Waals surface area contributed by atoms with Crippen molar-refractivity contribution in [3.05, 3.63) is 40.8 Å². The minimum Gasteiger partial charge on any atom is -0.439 e. The van der Waals surface area contributed by atoms with E-state index in [4.69, 9.17) is 4.42 Å². The van der Waals surface area contributed by atoms with E-state index in [1.807, 2.05) is 12.2 Å². The van der Waals surface area contributed by atoms with Gasteiger partial charge in [-0.25, -0.2) is 9.98 Å². The monoisotopic (exact) mass is 339 g/mol. The maximum Gasteiger partial charge on any atom is 0.209 e. The van der Waals surface area contributed by atoms with Crippen LogP contribution in [0.25, 0.3) is 12.2 Å². The molecule has 0 saturated carbocycles. The van der Waals surface area contributed by atoms with E-state index < -0.39 is 0 Å². The Morgan fingerprint density at radius 2 is 1.92 bits per heavy atom. The fourth-order valence-electron chi connectivity index (χ4n) is 3.43. The van der Waals surface area contributed by atoms with Crippen molar-refractivity contribution in [2.45, 2.75) is 26.8 Å². The van der Waals surface area contributed by atoms with Crippen molar-refractivity contribution in [2.75, 3.05) is 32.8 Å². The lowest BCUT2D eigenvalue weighted by Gasteiger charge is -2.37. The molecule has 0 atom stereocenters. The van der Waals surface area contributed by atoms with Gasteiger partial charge in [0.15, 0.2) is 5.76 Å². The molecule has 1 aromatic heterocycles. The number of nitrogens with zero attached hydrogens (tertiary/aromatic N) is 4. The summed E-state index contributed by atoms with van der Waals surface area (Å²) in [6, 6.07) is 0. The van der Waals surface area contributed by atoms with E-state index in [1.54, 1.807) is 0 Å². The lowest BCUT2D eigenvalue weighted by Crippen LogP contribution is -2.49. The molecule has 3 aliphatic rings. The van der Waals surface area contributed by atoms with Crippen molar-refractivity contribution in [3.63, 3.8) is 0 Å². The first-order chi connectivity index (χ1) is 12.2. The highest BCUT2D eigenvalue weighted by Gasteiger charge is 2.24. The molecule has 6 heteroatoms. The topological polar surface area (TPSA) is 56.9 Å². The number of aliphatic imine (C=N–C) groups is 1. The SMILES string of the molecule is CC1=C(C)C(N2CCN(Cc3nc4c(o3)C=CCC=C4)CC2)=NCN1. The zero-order valence-corrected chi connectivity index (χ0v) is 15.0. The van der Waals surface area contributed by atoms with Crippen molar-refractivity contribution in [3.8, 4) is 0 Å².